The van der Waals surface area contributed by atoms with Crippen LogP contribution in [0.5, 0.6) is 11.6 Å². The molecule has 7 aliphatic rings. The van der Waals surface area contributed by atoms with Crippen molar-refractivity contribution in [2.45, 2.75) is 73.3 Å². The third-order valence-corrected chi connectivity index (χ3v) is 10.6. The van der Waals surface area contributed by atoms with E-state index < -0.39 is 29.1 Å². The molecule has 12 nitrogen and oxygen atoms in total. The van der Waals surface area contributed by atoms with Gasteiger partial charge in [-0.25, -0.2) is 9.97 Å². The Morgan fingerprint density at radius 1 is 0.957 bits per heavy atom. The number of nitrogens with zero attached hydrogens (tertiary/aromatic N) is 3. The van der Waals surface area contributed by atoms with Crippen LogP contribution in [0.15, 0.2) is 24.5 Å². The molecule has 1 aromatic heterocycles. The molecule has 3 saturated heterocycles. The predicted molar refractivity (Wildman–Crippen MR) is 158 cm³/mol. The molecule has 0 radical (unpaired) electrons. The molecule has 248 valence electrons. The van der Waals surface area contributed by atoms with Crippen molar-refractivity contribution >= 4 is 23.3 Å². The van der Waals surface area contributed by atoms with Crippen molar-refractivity contribution < 1.29 is 41.7 Å². The number of benzene rings is 1. The summed E-state index contributed by atoms with van der Waals surface area (Å²) in [6.45, 7) is 3.02. The second-order valence-electron chi connectivity index (χ2n) is 13.2. The van der Waals surface area contributed by atoms with E-state index in [0.29, 0.717) is 11.6 Å². The van der Waals surface area contributed by atoms with Gasteiger partial charge in [0.1, 0.15) is 23.5 Å². The number of ether oxygens (including phenoxy) is 4. The Morgan fingerprint density at radius 3 is 2.28 bits per heavy atom. The van der Waals surface area contributed by atoms with E-state index in [-0.39, 0.29) is 66.1 Å². The summed E-state index contributed by atoms with van der Waals surface area (Å²) < 4.78 is 62.6. The molecule has 4 bridgehead atoms. The Bertz CT molecular complexity index is 1500. The SMILES string of the molecule is COc1ccc(C(=O)NC23CCC(C(F)(F)F)(CC2)OC3)c(NC(=O)c2c(NC34CC(N5CCOCC5)(C3)C4)ncnc2OC)c1. The first-order chi connectivity index (χ1) is 21.9. The Kier molecular flexibility index (Phi) is 7.36. The minimum absolute atomic E-state index is 0.0620. The van der Waals surface area contributed by atoms with Gasteiger partial charge in [-0.1, -0.05) is 0 Å². The zero-order valence-corrected chi connectivity index (χ0v) is 25.7. The standard InChI is InChI=1S/C31H37F3N6O6/c1-43-19-3-4-20(24(41)39-27-5-7-30(8-6-27,46-17-27)31(32,33)34)21(13-19)37-25(42)22-23(35-18-36-26(22)44-2)38-28-14-29(15-28,16-28)40-9-11-45-12-10-40/h3-4,13,18H,5-12,14-17H2,1-2H3,(H,37,42)(H,39,41)(H,35,36,38). The smallest absolute Gasteiger partial charge is 0.417 e. The van der Waals surface area contributed by atoms with E-state index >= 15 is 0 Å². The maximum Gasteiger partial charge on any atom is 0.417 e. The Balaban J connectivity index is 1.09. The lowest BCUT2D eigenvalue weighted by atomic mass is 9.43. The van der Waals surface area contributed by atoms with Gasteiger partial charge in [0, 0.05) is 30.2 Å². The van der Waals surface area contributed by atoms with Crippen molar-refractivity contribution in [3.05, 3.63) is 35.7 Å². The number of carbonyl (C=O) groups excluding carboxylic acids is 2. The summed E-state index contributed by atoms with van der Waals surface area (Å²) >= 11 is 0. The number of rotatable bonds is 9. The fourth-order valence-electron chi connectivity index (χ4n) is 7.98. The van der Waals surface area contributed by atoms with Gasteiger partial charge in [-0.2, -0.15) is 13.2 Å². The molecule has 46 heavy (non-hydrogen) atoms. The van der Waals surface area contributed by atoms with Gasteiger partial charge in [-0.15, -0.1) is 0 Å². The highest BCUT2D eigenvalue weighted by Crippen LogP contribution is 2.65. The molecule has 3 aliphatic heterocycles. The van der Waals surface area contributed by atoms with Gasteiger partial charge in [-0.05, 0) is 57.1 Å². The number of alkyl halides is 3. The van der Waals surface area contributed by atoms with Gasteiger partial charge in [0.2, 0.25) is 5.88 Å². The highest BCUT2D eigenvalue weighted by Gasteiger charge is 2.70. The van der Waals surface area contributed by atoms with Gasteiger partial charge >= 0.3 is 6.18 Å². The molecule has 7 fully saturated rings. The van der Waals surface area contributed by atoms with Crippen LogP contribution in [-0.4, -0.2) is 102 Å². The van der Waals surface area contributed by atoms with Crippen molar-refractivity contribution in [3.63, 3.8) is 0 Å². The van der Waals surface area contributed by atoms with E-state index in [1.54, 1.807) is 6.07 Å². The summed E-state index contributed by atoms with van der Waals surface area (Å²) in [5, 5.41) is 9.22. The minimum Gasteiger partial charge on any atom is -0.497 e. The van der Waals surface area contributed by atoms with Crippen LogP contribution in [0.4, 0.5) is 24.7 Å². The average Bonchev–Trinajstić information content (AvgIpc) is 3.02. The van der Waals surface area contributed by atoms with Crippen LogP contribution in [0.1, 0.15) is 65.7 Å². The molecule has 15 heteroatoms. The van der Waals surface area contributed by atoms with Crippen molar-refractivity contribution in [1.82, 2.24) is 20.2 Å². The number of halogens is 3. The molecule has 4 heterocycles. The predicted octanol–water partition coefficient (Wildman–Crippen LogP) is 3.54. The van der Waals surface area contributed by atoms with Gasteiger partial charge < -0.3 is 34.9 Å². The van der Waals surface area contributed by atoms with E-state index in [1.807, 2.05) is 0 Å². The van der Waals surface area contributed by atoms with E-state index in [0.717, 1.165) is 45.6 Å². The summed E-state index contributed by atoms with van der Waals surface area (Å²) in [6.07, 6.45) is -0.611. The monoisotopic (exact) mass is 646 g/mol. The molecule has 2 amide bonds. The third kappa shape index (κ3) is 5.03. The molecule has 3 N–H and O–H groups in total. The molecular weight excluding hydrogens is 609 g/mol. The highest BCUT2D eigenvalue weighted by molar-refractivity contribution is 6.12. The van der Waals surface area contributed by atoms with E-state index in [9.17, 15) is 22.8 Å². The van der Waals surface area contributed by atoms with Crippen LogP contribution in [0.2, 0.25) is 0 Å². The van der Waals surface area contributed by atoms with Gasteiger partial charge in [0.15, 0.2) is 5.60 Å². The maximum atomic E-state index is 13.9. The fourth-order valence-corrected chi connectivity index (χ4v) is 7.98. The molecule has 0 atom stereocenters. The lowest BCUT2D eigenvalue weighted by Gasteiger charge is -2.74. The van der Waals surface area contributed by atoms with Crippen LogP contribution < -0.4 is 25.4 Å². The largest absolute Gasteiger partial charge is 0.497 e. The Morgan fingerprint density at radius 2 is 1.67 bits per heavy atom. The summed E-state index contributed by atoms with van der Waals surface area (Å²) in [5.41, 5.74) is -2.82. The zero-order valence-electron chi connectivity index (χ0n) is 25.7. The topological polar surface area (TPSA) is 136 Å². The molecule has 4 saturated carbocycles. The molecule has 9 rings (SSSR count). The summed E-state index contributed by atoms with van der Waals surface area (Å²) in [4.78, 5) is 38.6. The lowest BCUT2D eigenvalue weighted by molar-refractivity contribution is -0.317. The van der Waals surface area contributed by atoms with Gasteiger partial charge in [0.25, 0.3) is 11.8 Å². The van der Waals surface area contributed by atoms with Crippen LogP contribution in [0, 0.1) is 0 Å². The number of amides is 2. The van der Waals surface area contributed by atoms with Crippen molar-refractivity contribution in [1.29, 1.82) is 0 Å². The number of hydrogen-bond acceptors (Lipinski definition) is 10. The highest BCUT2D eigenvalue weighted by atomic mass is 19.4. The third-order valence-electron chi connectivity index (χ3n) is 10.6. The molecule has 4 aliphatic carbocycles. The average molecular weight is 647 g/mol. The zero-order chi connectivity index (χ0) is 32.4. The summed E-state index contributed by atoms with van der Waals surface area (Å²) in [5.74, 6) is -0.395. The quantitative estimate of drug-likeness (QED) is 0.371. The van der Waals surface area contributed by atoms with E-state index in [1.165, 1.54) is 32.7 Å². The first-order valence-electron chi connectivity index (χ1n) is 15.5. The first-order valence-corrected chi connectivity index (χ1v) is 15.5. The number of carbonyl (C=O) groups is 2. The second kappa shape index (κ2) is 10.9. The Labute approximate surface area is 263 Å². The van der Waals surface area contributed by atoms with Crippen LogP contribution in [-0.2, 0) is 9.47 Å². The summed E-state index contributed by atoms with van der Waals surface area (Å²) in [7, 11) is 2.86. The number of fused-ring (bicyclic) bond motifs is 3. The van der Waals surface area contributed by atoms with Crippen LogP contribution in [0.25, 0.3) is 0 Å². The summed E-state index contributed by atoms with van der Waals surface area (Å²) in [6, 6.07) is 4.58. The molecule has 2 aromatic rings. The minimum atomic E-state index is -4.48. The lowest BCUT2D eigenvalue weighted by Crippen LogP contribution is -2.82. The number of anilines is 2. The van der Waals surface area contributed by atoms with Gasteiger partial charge in [-0.3, -0.25) is 14.5 Å². The van der Waals surface area contributed by atoms with Crippen molar-refractivity contribution in [2.24, 2.45) is 0 Å². The van der Waals surface area contributed by atoms with E-state index in [2.05, 4.69) is 30.8 Å². The van der Waals surface area contributed by atoms with Crippen LogP contribution in [0.3, 0.4) is 0 Å². The molecule has 0 unspecified atom stereocenters. The first kappa shape index (κ1) is 30.9. The second-order valence-corrected chi connectivity index (χ2v) is 13.2. The molecular formula is C31H37F3N6O6. The fraction of sp³-hybridized carbons (Fsp3) is 0.613. The van der Waals surface area contributed by atoms with Gasteiger partial charge in [0.05, 0.1) is 50.8 Å². The Hall–Kier alpha value is -3.69. The van der Waals surface area contributed by atoms with Crippen molar-refractivity contribution in [3.8, 4) is 11.6 Å². The van der Waals surface area contributed by atoms with Crippen molar-refractivity contribution in [2.75, 3.05) is 57.8 Å². The number of hydrogen-bond donors (Lipinski definition) is 3. The number of aromatic nitrogens is 2. The maximum absolute atomic E-state index is 13.9. The van der Waals surface area contributed by atoms with Crippen LogP contribution >= 0.6 is 0 Å². The number of nitrogens with one attached hydrogen (secondary N) is 3. The normalized spacial score (nSPS) is 31.7. The number of morpholine rings is 1. The van der Waals surface area contributed by atoms with E-state index in [4.69, 9.17) is 18.9 Å². The molecule has 0 spiro atoms. The molecule has 1 aromatic carbocycles. The number of methoxy groups -OCH3 is 2.